The summed E-state index contributed by atoms with van der Waals surface area (Å²) in [4.78, 5) is 24.0. The fourth-order valence-electron chi connectivity index (χ4n) is 2.11. The standard InChI is InChI=1S/C12H20N6O/c1-10(19)17-6-8-18(9-7-17)12-11(14-3-2-13)15-4-5-16-12/h4-5H,2-3,6-9,13H2,1H3,(H,14,15). The van der Waals surface area contributed by atoms with E-state index in [2.05, 4.69) is 20.2 Å². The smallest absolute Gasteiger partial charge is 0.219 e. The number of nitrogens with one attached hydrogen (secondary N) is 1. The predicted molar refractivity (Wildman–Crippen MR) is 74.0 cm³/mol. The van der Waals surface area contributed by atoms with Crippen molar-refractivity contribution in [2.75, 3.05) is 49.5 Å². The molecule has 2 heterocycles. The van der Waals surface area contributed by atoms with Crippen molar-refractivity contribution >= 4 is 17.5 Å². The summed E-state index contributed by atoms with van der Waals surface area (Å²) in [7, 11) is 0. The zero-order chi connectivity index (χ0) is 13.7. The topological polar surface area (TPSA) is 87.4 Å². The van der Waals surface area contributed by atoms with E-state index in [1.807, 2.05) is 4.90 Å². The van der Waals surface area contributed by atoms with Gasteiger partial charge in [-0.25, -0.2) is 9.97 Å². The number of hydrogen-bond acceptors (Lipinski definition) is 6. The van der Waals surface area contributed by atoms with Crippen LogP contribution in [0.1, 0.15) is 6.92 Å². The summed E-state index contributed by atoms with van der Waals surface area (Å²) < 4.78 is 0. The third-order valence-electron chi connectivity index (χ3n) is 3.14. The highest BCUT2D eigenvalue weighted by atomic mass is 16.2. The number of hydrogen-bond donors (Lipinski definition) is 2. The van der Waals surface area contributed by atoms with Gasteiger partial charge < -0.3 is 20.9 Å². The fraction of sp³-hybridized carbons (Fsp3) is 0.583. The summed E-state index contributed by atoms with van der Waals surface area (Å²) in [5.41, 5.74) is 5.49. The average molecular weight is 264 g/mol. The monoisotopic (exact) mass is 264 g/mol. The van der Waals surface area contributed by atoms with Gasteiger partial charge in [0, 0.05) is 58.6 Å². The maximum absolute atomic E-state index is 11.3. The van der Waals surface area contributed by atoms with E-state index in [4.69, 9.17) is 5.73 Å². The molecule has 3 N–H and O–H groups in total. The molecule has 0 spiro atoms. The first-order chi connectivity index (χ1) is 9.22. The van der Waals surface area contributed by atoms with Gasteiger partial charge in [0.2, 0.25) is 5.91 Å². The van der Waals surface area contributed by atoms with E-state index >= 15 is 0 Å². The van der Waals surface area contributed by atoms with Crippen molar-refractivity contribution in [1.29, 1.82) is 0 Å². The molecule has 0 saturated carbocycles. The predicted octanol–water partition coefficient (Wildman–Crippen LogP) is -0.484. The van der Waals surface area contributed by atoms with Gasteiger partial charge in [-0.05, 0) is 0 Å². The molecule has 7 heteroatoms. The average Bonchev–Trinajstić information content (AvgIpc) is 2.45. The Labute approximate surface area is 112 Å². The van der Waals surface area contributed by atoms with Gasteiger partial charge in [0.1, 0.15) is 0 Å². The summed E-state index contributed by atoms with van der Waals surface area (Å²) in [5.74, 6) is 1.71. The van der Waals surface area contributed by atoms with E-state index in [1.165, 1.54) is 0 Å². The van der Waals surface area contributed by atoms with Crippen LogP contribution in [0.3, 0.4) is 0 Å². The van der Waals surface area contributed by atoms with E-state index in [-0.39, 0.29) is 5.91 Å². The Balaban J connectivity index is 2.04. The van der Waals surface area contributed by atoms with Crippen LogP contribution in [0.15, 0.2) is 12.4 Å². The minimum absolute atomic E-state index is 0.125. The molecule has 1 aromatic heterocycles. The Hall–Kier alpha value is -1.89. The van der Waals surface area contributed by atoms with Gasteiger partial charge in [0.05, 0.1) is 0 Å². The first-order valence-electron chi connectivity index (χ1n) is 6.47. The lowest BCUT2D eigenvalue weighted by molar-refractivity contribution is -0.129. The highest BCUT2D eigenvalue weighted by molar-refractivity contribution is 5.73. The first kappa shape index (κ1) is 13.5. The van der Waals surface area contributed by atoms with Crippen LogP contribution in [0, 0.1) is 0 Å². The minimum atomic E-state index is 0.125. The second-order valence-corrected chi connectivity index (χ2v) is 4.44. The molecule has 1 aliphatic heterocycles. The molecule has 0 atom stereocenters. The Morgan fingerprint density at radius 2 is 2.00 bits per heavy atom. The number of nitrogens with two attached hydrogens (primary N) is 1. The Bertz CT molecular complexity index is 430. The molecule has 0 aliphatic carbocycles. The van der Waals surface area contributed by atoms with Crippen molar-refractivity contribution in [3.8, 4) is 0 Å². The summed E-state index contributed by atoms with van der Waals surface area (Å²) in [6.07, 6.45) is 3.34. The zero-order valence-corrected chi connectivity index (χ0v) is 11.2. The number of carbonyl (C=O) groups excluding carboxylic acids is 1. The largest absolute Gasteiger partial charge is 0.366 e. The quantitative estimate of drug-likeness (QED) is 0.763. The van der Waals surface area contributed by atoms with Crippen molar-refractivity contribution in [1.82, 2.24) is 14.9 Å². The molecule has 104 valence electrons. The van der Waals surface area contributed by atoms with Gasteiger partial charge in [-0.3, -0.25) is 4.79 Å². The van der Waals surface area contributed by atoms with Crippen LogP contribution in [-0.4, -0.2) is 60.0 Å². The Morgan fingerprint density at radius 1 is 1.32 bits per heavy atom. The molecular formula is C12H20N6O. The van der Waals surface area contributed by atoms with Crippen molar-refractivity contribution in [2.24, 2.45) is 5.73 Å². The van der Waals surface area contributed by atoms with Gasteiger partial charge >= 0.3 is 0 Å². The molecule has 19 heavy (non-hydrogen) atoms. The van der Waals surface area contributed by atoms with Gasteiger partial charge in [0.15, 0.2) is 11.6 Å². The minimum Gasteiger partial charge on any atom is -0.366 e. The van der Waals surface area contributed by atoms with Gasteiger partial charge in [-0.2, -0.15) is 0 Å². The van der Waals surface area contributed by atoms with E-state index in [9.17, 15) is 4.79 Å². The Morgan fingerprint density at radius 3 is 2.63 bits per heavy atom. The molecule has 1 fully saturated rings. The number of rotatable bonds is 4. The number of aromatic nitrogens is 2. The van der Waals surface area contributed by atoms with Crippen LogP contribution in [0.4, 0.5) is 11.6 Å². The lowest BCUT2D eigenvalue weighted by Gasteiger charge is -2.35. The third-order valence-corrected chi connectivity index (χ3v) is 3.14. The molecule has 1 saturated heterocycles. The molecule has 1 aliphatic rings. The molecule has 7 nitrogen and oxygen atoms in total. The van der Waals surface area contributed by atoms with E-state index < -0.39 is 0 Å². The summed E-state index contributed by atoms with van der Waals surface area (Å²) in [6, 6.07) is 0. The van der Waals surface area contributed by atoms with Crippen LogP contribution in [-0.2, 0) is 4.79 Å². The van der Waals surface area contributed by atoms with Crippen molar-refractivity contribution in [3.05, 3.63) is 12.4 Å². The summed E-state index contributed by atoms with van der Waals surface area (Å²) in [6.45, 7) is 5.81. The van der Waals surface area contributed by atoms with Crippen LogP contribution < -0.4 is 16.0 Å². The summed E-state index contributed by atoms with van der Waals surface area (Å²) >= 11 is 0. The molecule has 1 aromatic rings. The lowest BCUT2D eigenvalue weighted by atomic mass is 10.3. The van der Waals surface area contributed by atoms with Gasteiger partial charge in [-0.1, -0.05) is 0 Å². The summed E-state index contributed by atoms with van der Waals surface area (Å²) in [5, 5.41) is 3.17. The second-order valence-electron chi connectivity index (χ2n) is 4.44. The highest BCUT2D eigenvalue weighted by Gasteiger charge is 2.21. The fourth-order valence-corrected chi connectivity index (χ4v) is 2.11. The van der Waals surface area contributed by atoms with E-state index in [1.54, 1.807) is 19.3 Å². The first-order valence-corrected chi connectivity index (χ1v) is 6.47. The van der Waals surface area contributed by atoms with Gasteiger partial charge in [0.25, 0.3) is 0 Å². The molecule has 0 bridgehead atoms. The van der Waals surface area contributed by atoms with Crippen LogP contribution in [0.25, 0.3) is 0 Å². The van der Waals surface area contributed by atoms with Crippen LogP contribution >= 0.6 is 0 Å². The van der Waals surface area contributed by atoms with E-state index in [0.717, 1.165) is 37.8 Å². The maximum atomic E-state index is 11.3. The Kier molecular flexibility index (Phi) is 4.51. The lowest BCUT2D eigenvalue weighted by Crippen LogP contribution is -2.48. The van der Waals surface area contributed by atoms with Gasteiger partial charge in [-0.15, -0.1) is 0 Å². The second kappa shape index (κ2) is 6.33. The number of nitrogens with zero attached hydrogens (tertiary/aromatic N) is 4. The molecule has 1 amide bonds. The van der Waals surface area contributed by atoms with Crippen molar-refractivity contribution < 1.29 is 4.79 Å². The SMILES string of the molecule is CC(=O)N1CCN(c2nccnc2NCCN)CC1. The highest BCUT2D eigenvalue weighted by Crippen LogP contribution is 2.21. The van der Waals surface area contributed by atoms with Crippen LogP contribution in [0.5, 0.6) is 0 Å². The van der Waals surface area contributed by atoms with E-state index in [0.29, 0.717) is 13.1 Å². The van der Waals surface area contributed by atoms with Crippen LogP contribution in [0.2, 0.25) is 0 Å². The third kappa shape index (κ3) is 3.31. The molecule has 0 aromatic carbocycles. The number of anilines is 2. The number of carbonyl (C=O) groups is 1. The molecule has 0 radical (unpaired) electrons. The zero-order valence-electron chi connectivity index (χ0n) is 11.2. The maximum Gasteiger partial charge on any atom is 0.219 e. The molecule has 2 rings (SSSR count). The normalized spacial score (nSPS) is 15.5. The number of amides is 1. The number of piperazine rings is 1. The molecule has 0 unspecified atom stereocenters. The van der Waals surface area contributed by atoms with Crippen molar-refractivity contribution in [3.63, 3.8) is 0 Å². The molecular weight excluding hydrogens is 244 g/mol. The van der Waals surface area contributed by atoms with Crippen molar-refractivity contribution in [2.45, 2.75) is 6.92 Å².